The molecule has 0 unspecified atom stereocenters. The fraction of sp³-hybridized carbons (Fsp3) is 0.889. The summed E-state index contributed by atoms with van der Waals surface area (Å²) < 4.78 is 0. The molecule has 0 saturated heterocycles. The summed E-state index contributed by atoms with van der Waals surface area (Å²) >= 11 is 0. The molecule has 0 radical (unpaired) electrons. The molecule has 0 aliphatic heterocycles. The molecule has 3 heteroatoms. The van der Waals surface area contributed by atoms with Crippen LogP contribution in [0.3, 0.4) is 0 Å². The summed E-state index contributed by atoms with van der Waals surface area (Å²) in [6.45, 7) is 9.14. The van der Waals surface area contributed by atoms with Gasteiger partial charge in [0.25, 0.3) is 0 Å². The number of carbonyl (C=O) groups is 1. The standard InChI is InChI=1S/C9H19NO2/c1-5-6-10(7-8(11)12)9(2,3)4/h5-7H2,1-4H3,(H,11,12). The number of carboxylic acid groups (broad SMARTS) is 1. The van der Waals surface area contributed by atoms with E-state index in [1.54, 1.807) is 0 Å². The first-order valence-electron chi connectivity index (χ1n) is 4.34. The summed E-state index contributed by atoms with van der Waals surface area (Å²) in [5.74, 6) is -0.752. The molecule has 0 aromatic heterocycles. The Kier molecular flexibility index (Phi) is 4.24. The molecule has 0 aliphatic carbocycles. The van der Waals surface area contributed by atoms with Crippen molar-refractivity contribution in [3.05, 3.63) is 0 Å². The van der Waals surface area contributed by atoms with Crippen molar-refractivity contribution in [1.82, 2.24) is 4.90 Å². The number of hydrogen-bond acceptors (Lipinski definition) is 2. The minimum Gasteiger partial charge on any atom is -0.480 e. The summed E-state index contributed by atoms with van der Waals surface area (Å²) in [6, 6.07) is 0. The molecule has 0 saturated carbocycles. The highest BCUT2D eigenvalue weighted by molar-refractivity contribution is 5.69. The van der Waals surface area contributed by atoms with E-state index in [2.05, 4.69) is 6.92 Å². The Balaban J connectivity index is 4.13. The maximum atomic E-state index is 10.5. The Morgan fingerprint density at radius 1 is 1.42 bits per heavy atom. The fourth-order valence-electron chi connectivity index (χ4n) is 1.08. The second-order valence-corrected chi connectivity index (χ2v) is 3.99. The van der Waals surface area contributed by atoms with E-state index < -0.39 is 5.97 Å². The first-order valence-corrected chi connectivity index (χ1v) is 4.34. The minimum absolute atomic E-state index is 0.0472. The number of rotatable bonds is 4. The second-order valence-electron chi connectivity index (χ2n) is 3.99. The maximum Gasteiger partial charge on any atom is 0.317 e. The lowest BCUT2D eigenvalue weighted by Gasteiger charge is -2.33. The number of aliphatic carboxylic acids is 1. The van der Waals surface area contributed by atoms with Crippen LogP contribution in [0.25, 0.3) is 0 Å². The summed E-state index contributed by atoms with van der Waals surface area (Å²) in [5.41, 5.74) is -0.0472. The first-order chi connectivity index (χ1) is 5.38. The van der Waals surface area contributed by atoms with Crippen LogP contribution in [0, 0.1) is 0 Å². The van der Waals surface area contributed by atoms with E-state index in [4.69, 9.17) is 5.11 Å². The van der Waals surface area contributed by atoms with Crippen molar-refractivity contribution in [2.45, 2.75) is 39.7 Å². The van der Waals surface area contributed by atoms with Crippen LogP contribution in [-0.2, 0) is 4.79 Å². The average molecular weight is 173 g/mol. The van der Waals surface area contributed by atoms with Crippen molar-refractivity contribution >= 4 is 5.97 Å². The highest BCUT2D eigenvalue weighted by Crippen LogP contribution is 2.12. The molecule has 0 aromatic carbocycles. The van der Waals surface area contributed by atoms with Crippen molar-refractivity contribution in [3.8, 4) is 0 Å². The highest BCUT2D eigenvalue weighted by atomic mass is 16.4. The van der Waals surface area contributed by atoms with Crippen molar-refractivity contribution < 1.29 is 9.90 Å². The van der Waals surface area contributed by atoms with E-state index in [1.165, 1.54) is 0 Å². The van der Waals surface area contributed by atoms with E-state index in [-0.39, 0.29) is 12.1 Å². The van der Waals surface area contributed by atoms with Gasteiger partial charge in [-0.15, -0.1) is 0 Å². The van der Waals surface area contributed by atoms with Gasteiger partial charge in [0.15, 0.2) is 0 Å². The molecule has 0 aromatic rings. The van der Waals surface area contributed by atoms with Gasteiger partial charge >= 0.3 is 5.97 Å². The van der Waals surface area contributed by atoms with Crippen LogP contribution in [0.4, 0.5) is 0 Å². The minimum atomic E-state index is -0.752. The highest BCUT2D eigenvalue weighted by Gasteiger charge is 2.21. The molecule has 0 atom stereocenters. The Bertz CT molecular complexity index is 149. The van der Waals surface area contributed by atoms with Crippen LogP contribution < -0.4 is 0 Å². The van der Waals surface area contributed by atoms with Gasteiger partial charge in [-0.05, 0) is 33.7 Å². The number of nitrogens with zero attached hydrogens (tertiary/aromatic N) is 1. The van der Waals surface area contributed by atoms with Crippen LogP contribution in [0.5, 0.6) is 0 Å². The van der Waals surface area contributed by atoms with Crippen molar-refractivity contribution in [2.24, 2.45) is 0 Å². The molecule has 12 heavy (non-hydrogen) atoms. The average Bonchev–Trinajstić information content (AvgIpc) is 1.83. The SMILES string of the molecule is CCCN(CC(=O)O)C(C)(C)C. The van der Waals surface area contributed by atoms with Gasteiger partial charge in [0, 0.05) is 5.54 Å². The monoisotopic (exact) mass is 173 g/mol. The number of hydrogen-bond donors (Lipinski definition) is 1. The van der Waals surface area contributed by atoms with Crippen molar-refractivity contribution in [2.75, 3.05) is 13.1 Å². The quantitative estimate of drug-likeness (QED) is 0.701. The van der Waals surface area contributed by atoms with E-state index in [1.807, 2.05) is 25.7 Å². The summed E-state index contributed by atoms with van der Waals surface area (Å²) in [6.07, 6.45) is 0.991. The van der Waals surface area contributed by atoms with E-state index in [0.29, 0.717) is 0 Å². The number of carboxylic acids is 1. The lowest BCUT2D eigenvalue weighted by atomic mass is 10.1. The van der Waals surface area contributed by atoms with Crippen LogP contribution in [0.2, 0.25) is 0 Å². The molecule has 3 nitrogen and oxygen atoms in total. The summed E-state index contributed by atoms with van der Waals surface area (Å²) in [7, 11) is 0. The summed E-state index contributed by atoms with van der Waals surface area (Å²) in [4.78, 5) is 12.5. The summed E-state index contributed by atoms with van der Waals surface area (Å²) in [5, 5.41) is 8.63. The van der Waals surface area contributed by atoms with E-state index in [0.717, 1.165) is 13.0 Å². The Hall–Kier alpha value is -0.570. The van der Waals surface area contributed by atoms with E-state index >= 15 is 0 Å². The van der Waals surface area contributed by atoms with Crippen LogP contribution in [-0.4, -0.2) is 34.6 Å². The molecular formula is C9H19NO2. The lowest BCUT2D eigenvalue weighted by Crippen LogP contribution is -2.44. The zero-order chi connectivity index (χ0) is 9.78. The molecule has 0 spiro atoms. The van der Waals surface area contributed by atoms with Gasteiger partial charge in [-0.3, -0.25) is 9.69 Å². The third-order valence-corrected chi connectivity index (χ3v) is 1.77. The molecule has 72 valence electrons. The predicted molar refractivity (Wildman–Crippen MR) is 49.3 cm³/mol. The Morgan fingerprint density at radius 3 is 2.17 bits per heavy atom. The molecule has 0 amide bonds. The van der Waals surface area contributed by atoms with Crippen LogP contribution in [0.15, 0.2) is 0 Å². The molecular weight excluding hydrogens is 154 g/mol. The fourth-order valence-corrected chi connectivity index (χ4v) is 1.08. The van der Waals surface area contributed by atoms with Gasteiger partial charge in [0.2, 0.25) is 0 Å². The molecule has 1 N–H and O–H groups in total. The first kappa shape index (κ1) is 11.4. The predicted octanol–water partition coefficient (Wildman–Crippen LogP) is 1.58. The molecule has 0 bridgehead atoms. The van der Waals surface area contributed by atoms with Gasteiger partial charge in [0.05, 0.1) is 6.54 Å². The Morgan fingerprint density at radius 2 is 1.92 bits per heavy atom. The Labute approximate surface area is 74.4 Å². The topological polar surface area (TPSA) is 40.5 Å². The third kappa shape index (κ3) is 4.34. The van der Waals surface area contributed by atoms with E-state index in [9.17, 15) is 4.79 Å². The molecule has 0 rings (SSSR count). The normalized spacial score (nSPS) is 12.1. The second kappa shape index (κ2) is 4.45. The maximum absolute atomic E-state index is 10.5. The van der Waals surface area contributed by atoms with Crippen molar-refractivity contribution in [3.63, 3.8) is 0 Å². The molecule has 0 fully saturated rings. The van der Waals surface area contributed by atoms with Gasteiger partial charge in [-0.25, -0.2) is 0 Å². The molecule has 0 aliphatic rings. The smallest absolute Gasteiger partial charge is 0.317 e. The van der Waals surface area contributed by atoms with Crippen molar-refractivity contribution in [1.29, 1.82) is 0 Å². The van der Waals surface area contributed by atoms with Crippen LogP contribution in [0.1, 0.15) is 34.1 Å². The largest absolute Gasteiger partial charge is 0.480 e. The van der Waals surface area contributed by atoms with Gasteiger partial charge in [-0.2, -0.15) is 0 Å². The van der Waals surface area contributed by atoms with Gasteiger partial charge in [0.1, 0.15) is 0 Å². The molecule has 0 heterocycles. The zero-order valence-electron chi connectivity index (χ0n) is 8.42. The van der Waals surface area contributed by atoms with Gasteiger partial charge < -0.3 is 5.11 Å². The van der Waals surface area contributed by atoms with Gasteiger partial charge in [-0.1, -0.05) is 6.92 Å². The lowest BCUT2D eigenvalue weighted by molar-refractivity contribution is -0.139. The zero-order valence-corrected chi connectivity index (χ0v) is 8.42. The van der Waals surface area contributed by atoms with Crippen LogP contribution >= 0.6 is 0 Å². The third-order valence-electron chi connectivity index (χ3n) is 1.77.